The molecule has 1 aromatic rings. The van der Waals surface area contributed by atoms with Gasteiger partial charge in [0.05, 0.1) is 25.0 Å². The molecule has 0 radical (unpaired) electrons. The van der Waals surface area contributed by atoms with Gasteiger partial charge in [0.1, 0.15) is 5.02 Å². The minimum absolute atomic E-state index is 0.133. The SMILES string of the molecule is CSC1(CNc2cnn(CCO)c(=O)c2Cl)CC1. The number of halogens is 1. The molecule has 0 atom stereocenters. The smallest absolute Gasteiger partial charge is 0.287 e. The average molecular weight is 290 g/mol. The molecule has 7 heteroatoms. The van der Waals surface area contributed by atoms with Crippen LogP contribution >= 0.6 is 23.4 Å². The van der Waals surface area contributed by atoms with E-state index in [1.807, 2.05) is 11.8 Å². The van der Waals surface area contributed by atoms with Crippen LogP contribution < -0.4 is 10.9 Å². The molecule has 0 bridgehead atoms. The van der Waals surface area contributed by atoms with Crippen LogP contribution in [0.5, 0.6) is 0 Å². The van der Waals surface area contributed by atoms with Gasteiger partial charge in [-0.15, -0.1) is 0 Å². The van der Waals surface area contributed by atoms with Crippen LogP contribution in [-0.4, -0.2) is 39.0 Å². The van der Waals surface area contributed by atoms with Crippen LogP contribution in [-0.2, 0) is 6.54 Å². The van der Waals surface area contributed by atoms with E-state index in [9.17, 15) is 4.79 Å². The summed E-state index contributed by atoms with van der Waals surface area (Å²) in [5, 5.41) is 16.1. The molecule has 1 fully saturated rings. The fourth-order valence-electron chi connectivity index (χ4n) is 1.69. The number of hydrogen-bond acceptors (Lipinski definition) is 5. The van der Waals surface area contributed by atoms with E-state index in [0.717, 1.165) is 11.2 Å². The molecule has 1 aromatic heterocycles. The highest BCUT2D eigenvalue weighted by molar-refractivity contribution is 8.00. The Balaban J connectivity index is 2.10. The third-order valence-corrected chi connectivity index (χ3v) is 4.92. The standard InChI is InChI=1S/C11H16ClN3O2S/c1-18-11(2-3-11)7-13-8-6-14-15(4-5-16)10(17)9(8)12/h6,13,16H,2-5,7H2,1H3. The van der Waals surface area contributed by atoms with Gasteiger partial charge in [0.25, 0.3) is 5.56 Å². The molecule has 1 aliphatic rings. The summed E-state index contributed by atoms with van der Waals surface area (Å²) < 4.78 is 1.46. The van der Waals surface area contributed by atoms with Crippen LogP contribution in [0.25, 0.3) is 0 Å². The Bertz CT molecular complexity index is 488. The van der Waals surface area contributed by atoms with E-state index in [2.05, 4.69) is 16.7 Å². The Labute approximate surface area is 115 Å². The van der Waals surface area contributed by atoms with Crippen LogP contribution in [0.3, 0.4) is 0 Å². The number of thioether (sulfide) groups is 1. The third-order valence-electron chi connectivity index (χ3n) is 3.14. The van der Waals surface area contributed by atoms with Gasteiger partial charge in [0, 0.05) is 11.3 Å². The Kier molecular flexibility index (Phi) is 4.19. The average Bonchev–Trinajstić information content (AvgIpc) is 3.15. The zero-order valence-corrected chi connectivity index (χ0v) is 11.7. The fourth-order valence-corrected chi connectivity index (χ4v) is 2.63. The molecule has 0 aliphatic heterocycles. The van der Waals surface area contributed by atoms with Gasteiger partial charge in [-0.25, -0.2) is 4.68 Å². The van der Waals surface area contributed by atoms with Crippen LogP contribution in [0.15, 0.2) is 11.0 Å². The van der Waals surface area contributed by atoms with Gasteiger partial charge < -0.3 is 10.4 Å². The maximum Gasteiger partial charge on any atom is 0.287 e. The monoisotopic (exact) mass is 289 g/mol. The van der Waals surface area contributed by atoms with E-state index in [4.69, 9.17) is 16.7 Å². The summed E-state index contributed by atoms with van der Waals surface area (Å²) in [6.07, 6.45) is 6.01. The van der Waals surface area contributed by atoms with Gasteiger partial charge in [0.15, 0.2) is 0 Å². The van der Waals surface area contributed by atoms with Crippen molar-refractivity contribution in [3.8, 4) is 0 Å². The summed E-state index contributed by atoms with van der Waals surface area (Å²) in [6.45, 7) is 0.818. The minimum Gasteiger partial charge on any atom is -0.394 e. The first-order chi connectivity index (χ1) is 8.62. The van der Waals surface area contributed by atoms with Gasteiger partial charge in [-0.1, -0.05) is 11.6 Å². The molecule has 2 rings (SSSR count). The minimum atomic E-state index is -0.371. The van der Waals surface area contributed by atoms with E-state index >= 15 is 0 Å². The summed E-state index contributed by atoms with van der Waals surface area (Å²) >= 11 is 7.84. The van der Waals surface area contributed by atoms with Crippen LogP contribution in [0.1, 0.15) is 12.8 Å². The summed E-state index contributed by atoms with van der Waals surface area (Å²) in [5.41, 5.74) is 0.195. The Morgan fingerprint density at radius 3 is 2.94 bits per heavy atom. The van der Waals surface area contributed by atoms with Crippen molar-refractivity contribution in [3.05, 3.63) is 21.6 Å². The number of hydrogen-bond donors (Lipinski definition) is 2. The maximum atomic E-state index is 11.8. The first-order valence-corrected chi connectivity index (χ1v) is 7.38. The van der Waals surface area contributed by atoms with E-state index in [0.29, 0.717) is 10.4 Å². The topological polar surface area (TPSA) is 67.2 Å². The highest BCUT2D eigenvalue weighted by Crippen LogP contribution is 2.47. The van der Waals surface area contributed by atoms with E-state index < -0.39 is 0 Å². The summed E-state index contributed by atoms with van der Waals surface area (Å²) in [6, 6.07) is 0. The van der Waals surface area contributed by atoms with Crippen LogP contribution in [0, 0.1) is 0 Å². The molecule has 1 aliphatic carbocycles. The lowest BCUT2D eigenvalue weighted by Gasteiger charge is -2.15. The quantitative estimate of drug-likeness (QED) is 0.824. The highest BCUT2D eigenvalue weighted by Gasteiger charge is 2.41. The summed E-state index contributed by atoms with van der Waals surface area (Å²) in [4.78, 5) is 11.8. The third kappa shape index (κ3) is 2.81. The lowest BCUT2D eigenvalue weighted by molar-refractivity contribution is 0.266. The molecular formula is C11H16ClN3O2S. The predicted octanol–water partition coefficient (Wildman–Crippen LogP) is 1.20. The first-order valence-electron chi connectivity index (χ1n) is 5.77. The van der Waals surface area contributed by atoms with Crippen LogP contribution in [0.2, 0.25) is 5.02 Å². The number of nitrogens with zero attached hydrogens (tertiary/aromatic N) is 2. The van der Waals surface area contributed by atoms with E-state index in [1.165, 1.54) is 19.0 Å². The lowest BCUT2D eigenvalue weighted by Crippen LogP contribution is -2.26. The first kappa shape index (κ1) is 13.7. The molecule has 2 N–H and O–H groups in total. The molecular weight excluding hydrogens is 274 g/mol. The maximum absolute atomic E-state index is 11.8. The normalized spacial score (nSPS) is 16.6. The Morgan fingerprint density at radius 1 is 1.67 bits per heavy atom. The predicted molar refractivity (Wildman–Crippen MR) is 74.6 cm³/mol. The van der Waals surface area contributed by atoms with Gasteiger partial charge in [-0.2, -0.15) is 16.9 Å². The number of rotatable bonds is 6. The van der Waals surface area contributed by atoms with Crippen molar-refractivity contribution in [2.24, 2.45) is 0 Å². The molecule has 0 aromatic carbocycles. The number of aliphatic hydroxyl groups is 1. The van der Waals surface area contributed by atoms with Crippen molar-refractivity contribution in [1.29, 1.82) is 0 Å². The molecule has 0 spiro atoms. The van der Waals surface area contributed by atoms with Gasteiger partial charge in [-0.3, -0.25) is 4.79 Å². The number of aliphatic hydroxyl groups excluding tert-OH is 1. The largest absolute Gasteiger partial charge is 0.394 e. The van der Waals surface area contributed by atoms with Crippen molar-refractivity contribution in [2.75, 3.05) is 24.7 Å². The Hall–Kier alpha value is -0.720. The van der Waals surface area contributed by atoms with Crippen molar-refractivity contribution in [3.63, 3.8) is 0 Å². The number of aromatic nitrogens is 2. The molecule has 0 amide bonds. The molecule has 0 unspecified atom stereocenters. The second kappa shape index (κ2) is 5.50. The summed E-state index contributed by atoms with van der Waals surface area (Å²) in [7, 11) is 0. The van der Waals surface area contributed by atoms with Gasteiger partial charge in [-0.05, 0) is 19.1 Å². The Morgan fingerprint density at radius 2 is 2.39 bits per heavy atom. The van der Waals surface area contributed by atoms with E-state index in [1.54, 1.807) is 0 Å². The second-order valence-electron chi connectivity index (χ2n) is 4.36. The van der Waals surface area contributed by atoms with Crippen LogP contribution in [0.4, 0.5) is 5.69 Å². The number of nitrogens with one attached hydrogen (secondary N) is 1. The molecule has 5 nitrogen and oxygen atoms in total. The van der Waals surface area contributed by atoms with Gasteiger partial charge >= 0.3 is 0 Å². The molecule has 100 valence electrons. The van der Waals surface area contributed by atoms with Crippen molar-refractivity contribution in [1.82, 2.24) is 9.78 Å². The van der Waals surface area contributed by atoms with Crippen molar-refractivity contribution in [2.45, 2.75) is 24.1 Å². The molecule has 18 heavy (non-hydrogen) atoms. The highest BCUT2D eigenvalue weighted by atomic mass is 35.5. The van der Waals surface area contributed by atoms with E-state index in [-0.39, 0.29) is 23.7 Å². The molecule has 0 saturated heterocycles. The molecule has 1 saturated carbocycles. The zero-order chi connectivity index (χ0) is 13.2. The lowest BCUT2D eigenvalue weighted by atomic mass is 10.3. The second-order valence-corrected chi connectivity index (χ2v) is 6.02. The zero-order valence-electron chi connectivity index (χ0n) is 10.1. The van der Waals surface area contributed by atoms with Gasteiger partial charge in [0.2, 0.25) is 0 Å². The fraction of sp³-hybridized carbons (Fsp3) is 0.636. The van der Waals surface area contributed by atoms with Crippen molar-refractivity contribution < 1.29 is 5.11 Å². The molecule has 1 heterocycles. The van der Waals surface area contributed by atoms with Crippen molar-refractivity contribution >= 4 is 29.1 Å². The summed E-state index contributed by atoms with van der Waals surface area (Å²) in [5.74, 6) is 0. The number of anilines is 1.